The molecule has 0 spiro atoms. The summed E-state index contributed by atoms with van der Waals surface area (Å²) >= 11 is 6.04. The summed E-state index contributed by atoms with van der Waals surface area (Å²) < 4.78 is 4.61. The van der Waals surface area contributed by atoms with Crippen LogP contribution in [-0.4, -0.2) is 24.5 Å². The van der Waals surface area contributed by atoms with Crippen LogP contribution in [0.25, 0.3) is 0 Å². The molecule has 1 unspecified atom stereocenters. The molecule has 0 saturated heterocycles. The number of nitrogens with one attached hydrogen (secondary N) is 1. The Morgan fingerprint density at radius 1 is 1.37 bits per heavy atom. The molecule has 4 nitrogen and oxygen atoms in total. The topological polar surface area (TPSA) is 55.4 Å². The van der Waals surface area contributed by atoms with Gasteiger partial charge in [-0.05, 0) is 38.3 Å². The summed E-state index contributed by atoms with van der Waals surface area (Å²) in [6.07, 6.45) is 1.44. The number of carbonyl (C=O) groups is 2. The first-order valence-electron chi connectivity index (χ1n) is 6.25. The Bertz CT molecular complexity index is 448. The van der Waals surface area contributed by atoms with Crippen molar-refractivity contribution < 1.29 is 14.3 Å². The van der Waals surface area contributed by atoms with Crippen LogP contribution in [0.4, 0.5) is 0 Å². The second kappa shape index (κ2) is 7.79. The van der Waals surface area contributed by atoms with Gasteiger partial charge in [-0.1, -0.05) is 29.8 Å². The molecular weight excluding hydrogens is 266 g/mol. The molecule has 5 heteroatoms. The molecule has 0 bridgehead atoms. The minimum absolute atomic E-state index is 0.117. The fourth-order valence-corrected chi connectivity index (χ4v) is 1.85. The summed E-state index contributed by atoms with van der Waals surface area (Å²) in [5.41, 5.74) is 1.03. The molecule has 1 rings (SSSR count). The van der Waals surface area contributed by atoms with Gasteiger partial charge in [0.25, 0.3) is 0 Å². The maximum absolute atomic E-state index is 11.4. The molecule has 0 aliphatic carbocycles. The van der Waals surface area contributed by atoms with Crippen molar-refractivity contribution in [3.8, 4) is 0 Å². The van der Waals surface area contributed by atoms with Crippen LogP contribution in [-0.2, 0) is 20.7 Å². The minimum Gasteiger partial charge on any atom is -0.459 e. The number of benzene rings is 1. The number of hydrogen-bond acceptors (Lipinski definition) is 3. The van der Waals surface area contributed by atoms with Crippen LogP contribution >= 0.6 is 11.6 Å². The van der Waals surface area contributed by atoms with Gasteiger partial charge in [0.05, 0.1) is 6.61 Å². The number of ether oxygens (including phenoxy) is 1. The van der Waals surface area contributed by atoms with Gasteiger partial charge in [-0.25, -0.2) is 4.79 Å². The summed E-state index contributed by atoms with van der Waals surface area (Å²) in [5, 5.41) is 3.31. The van der Waals surface area contributed by atoms with E-state index in [0.29, 0.717) is 11.4 Å². The zero-order chi connectivity index (χ0) is 14.3. The molecule has 0 aliphatic heterocycles. The molecule has 0 heterocycles. The first-order valence-corrected chi connectivity index (χ1v) is 6.63. The van der Waals surface area contributed by atoms with Crippen molar-refractivity contribution in [1.29, 1.82) is 0 Å². The van der Waals surface area contributed by atoms with Crippen LogP contribution in [0.2, 0.25) is 5.02 Å². The second-order valence-corrected chi connectivity index (χ2v) is 4.63. The van der Waals surface area contributed by atoms with E-state index < -0.39 is 11.9 Å². The van der Waals surface area contributed by atoms with Gasteiger partial charge in [-0.15, -0.1) is 0 Å². The van der Waals surface area contributed by atoms with Crippen molar-refractivity contribution in [3.63, 3.8) is 0 Å². The smallest absolute Gasteiger partial charge is 0.396 e. The third kappa shape index (κ3) is 5.30. The number of rotatable bonds is 5. The summed E-state index contributed by atoms with van der Waals surface area (Å²) in [7, 11) is 0. The third-order valence-corrected chi connectivity index (χ3v) is 3.01. The van der Waals surface area contributed by atoms with Crippen molar-refractivity contribution in [2.45, 2.75) is 32.7 Å². The molecule has 0 aliphatic rings. The Kier molecular flexibility index (Phi) is 6.36. The first-order chi connectivity index (χ1) is 9.04. The largest absolute Gasteiger partial charge is 0.459 e. The zero-order valence-electron chi connectivity index (χ0n) is 11.1. The lowest BCUT2D eigenvalue weighted by Gasteiger charge is -2.13. The van der Waals surface area contributed by atoms with Gasteiger partial charge in [-0.2, -0.15) is 0 Å². The van der Waals surface area contributed by atoms with Crippen LogP contribution in [0, 0.1) is 0 Å². The molecule has 0 fully saturated rings. The lowest BCUT2D eigenvalue weighted by molar-refractivity contribution is -0.154. The molecule has 1 atom stereocenters. The van der Waals surface area contributed by atoms with Crippen molar-refractivity contribution in [2.75, 3.05) is 6.61 Å². The van der Waals surface area contributed by atoms with Gasteiger partial charge in [0, 0.05) is 11.1 Å². The van der Waals surface area contributed by atoms with E-state index in [4.69, 9.17) is 11.6 Å². The number of halogens is 1. The highest BCUT2D eigenvalue weighted by molar-refractivity contribution is 6.32. The van der Waals surface area contributed by atoms with E-state index in [2.05, 4.69) is 10.1 Å². The lowest BCUT2D eigenvalue weighted by Crippen LogP contribution is -2.38. The van der Waals surface area contributed by atoms with E-state index >= 15 is 0 Å². The van der Waals surface area contributed by atoms with Gasteiger partial charge in [0.1, 0.15) is 0 Å². The Labute approximate surface area is 118 Å². The molecule has 1 aromatic carbocycles. The Morgan fingerprint density at radius 2 is 2.05 bits per heavy atom. The highest BCUT2D eigenvalue weighted by atomic mass is 35.5. The molecule has 104 valence electrons. The van der Waals surface area contributed by atoms with E-state index in [-0.39, 0.29) is 12.6 Å². The minimum atomic E-state index is -0.841. The van der Waals surface area contributed by atoms with E-state index in [1.807, 2.05) is 31.2 Å². The molecule has 0 saturated carbocycles. The zero-order valence-corrected chi connectivity index (χ0v) is 11.9. The number of hydrogen-bond donors (Lipinski definition) is 1. The highest BCUT2D eigenvalue weighted by Crippen LogP contribution is 2.17. The molecule has 0 aromatic heterocycles. The molecule has 0 radical (unpaired) electrons. The van der Waals surface area contributed by atoms with Gasteiger partial charge in [-0.3, -0.25) is 4.79 Å². The first kappa shape index (κ1) is 15.5. The second-order valence-electron chi connectivity index (χ2n) is 4.23. The van der Waals surface area contributed by atoms with Gasteiger partial charge < -0.3 is 10.1 Å². The maximum atomic E-state index is 11.4. The summed E-state index contributed by atoms with van der Waals surface area (Å²) in [5.74, 6) is -1.54. The molecule has 19 heavy (non-hydrogen) atoms. The summed E-state index contributed by atoms with van der Waals surface area (Å²) in [4.78, 5) is 22.6. The maximum Gasteiger partial charge on any atom is 0.396 e. The van der Waals surface area contributed by atoms with Gasteiger partial charge >= 0.3 is 11.9 Å². The standard InChI is InChI=1S/C14H18ClNO3/c1-3-19-14(18)13(17)16-10(2)8-9-11-6-4-5-7-12(11)15/h4-7,10H,3,8-9H2,1-2H3,(H,16,17). The van der Waals surface area contributed by atoms with Crippen molar-refractivity contribution in [1.82, 2.24) is 5.32 Å². The van der Waals surface area contributed by atoms with Crippen LogP contribution < -0.4 is 5.32 Å². The number of amides is 1. The van der Waals surface area contributed by atoms with E-state index in [0.717, 1.165) is 12.0 Å². The predicted molar refractivity (Wildman–Crippen MR) is 74.0 cm³/mol. The van der Waals surface area contributed by atoms with Crippen molar-refractivity contribution in [3.05, 3.63) is 34.9 Å². The van der Waals surface area contributed by atoms with Gasteiger partial charge in [0.2, 0.25) is 0 Å². The Hall–Kier alpha value is -1.55. The monoisotopic (exact) mass is 283 g/mol. The fraction of sp³-hybridized carbons (Fsp3) is 0.429. The van der Waals surface area contributed by atoms with Crippen LogP contribution in [0.3, 0.4) is 0 Å². The van der Waals surface area contributed by atoms with Crippen LogP contribution in [0.15, 0.2) is 24.3 Å². The summed E-state index contributed by atoms with van der Waals surface area (Å²) in [6, 6.07) is 7.45. The molecule has 1 aromatic rings. The Balaban J connectivity index is 2.40. The molecule has 1 N–H and O–H groups in total. The third-order valence-electron chi connectivity index (χ3n) is 2.64. The van der Waals surface area contributed by atoms with E-state index in [1.54, 1.807) is 6.92 Å². The molecule has 1 amide bonds. The molecular formula is C14H18ClNO3. The Morgan fingerprint density at radius 3 is 2.68 bits per heavy atom. The van der Waals surface area contributed by atoms with E-state index in [1.165, 1.54) is 0 Å². The van der Waals surface area contributed by atoms with Crippen LogP contribution in [0.1, 0.15) is 25.8 Å². The fourth-order valence-electron chi connectivity index (χ4n) is 1.62. The van der Waals surface area contributed by atoms with E-state index in [9.17, 15) is 9.59 Å². The van der Waals surface area contributed by atoms with Gasteiger partial charge in [0.15, 0.2) is 0 Å². The average molecular weight is 284 g/mol. The van der Waals surface area contributed by atoms with Crippen LogP contribution in [0.5, 0.6) is 0 Å². The van der Waals surface area contributed by atoms with Crippen molar-refractivity contribution in [2.24, 2.45) is 0 Å². The van der Waals surface area contributed by atoms with Crippen molar-refractivity contribution >= 4 is 23.5 Å². The average Bonchev–Trinajstić information content (AvgIpc) is 2.38. The number of esters is 1. The lowest BCUT2D eigenvalue weighted by atomic mass is 10.1. The SMILES string of the molecule is CCOC(=O)C(=O)NC(C)CCc1ccccc1Cl. The number of carbonyl (C=O) groups excluding carboxylic acids is 2. The quantitative estimate of drug-likeness (QED) is 0.667. The highest BCUT2D eigenvalue weighted by Gasteiger charge is 2.17. The normalized spacial score (nSPS) is 11.7. The summed E-state index contributed by atoms with van der Waals surface area (Å²) in [6.45, 7) is 3.69. The number of aryl methyl sites for hydroxylation is 1. The predicted octanol–water partition coefficient (Wildman–Crippen LogP) is 2.34.